The minimum atomic E-state index is -0.930. The highest BCUT2D eigenvalue weighted by Gasteiger charge is 2.12. The number of carbonyl (C=O) groups excluding carboxylic acids is 1. The van der Waals surface area contributed by atoms with Gasteiger partial charge in [-0.1, -0.05) is 24.3 Å². The Morgan fingerprint density at radius 1 is 1.14 bits per heavy atom. The molecule has 2 rings (SSSR count). The monoisotopic (exact) mass is 286 g/mol. The Morgan fingerprint density at radius 3 is 2.52 bits per heavy atom. The molecule has 108 valence electrons. The van der Waals surface area contributed by atoms with Gasteiger partial charge in [-0.3, -0.25) is 14.6 Å². The molecule has 1 aromatic carbocycles. The van der Waals surface area contributed by atoms with Crippen molar-refractivity contribution in [2.24, 2.45) is 0 Å². The van der Waals surface area contributed by atoms with E-state index in [1.165, 1.54) is 18.5 Å². The molecule has 0 atom stereocenters. The lowest BCUT2D eigenvalue weighted by Crippen LogP contribution is -2.23. The van der Waals surface area contributed by atoms with Gasteiger partial charge in [0.1, 0.15) is 5.75 Å². The fourth-order valence-corrected chi connectivity index (χ4v) is 1.91. The second kappa shape index (κ2) is 6.51. The zero-order valence-electron chi connectivity index (χ0n) is 11.1. The smallest absolute Gasteiger partial charge is 0.307 e. The third-order valence-electron chi connectivity index (χ3n) is 2.94. The molecule has 0 saturated carbocycles. The summed E-state index contributed by atoms with van der Waals surface area (Å²) in [4.78, 5) is 26.5. The standard InChI is InChI=1S/C15H14N2O4/c18-13-9-16-6-5-12(13)15(21)17-8-11-4-2-1-3-10(11)7-14(19)20/h1-6,9,18H,7-8H2,(H,17,21)(H,19,20). The van der Waals surface area contributed by atoms with E-state index in [1.807, 2.05) is 0 Å². The van der Waals surface area contributed by atoms with Gasteiger partial charge in [-0.2, -0.15) is 0 Å². The van der Waals surface area contributed by atoms with Crippen LogP contribution >= 0.6 is 0 Å². The Bertz CT molecular complexity index is 670. The zero-order valence-corrected chi connectivity index (χ0v) is 11.1. The van der Waals surface area contributed by atoms with Crippen molar-refractivity contribution in [3.05, 3.63) is 59.4 Å². The summed E-state index contributed by atoms with van der Waals surface area (Å²) >= 11 is 0. The van der Waals surface area contributed by atoms with Crippen LogP contribution in [0.3, 0.4) is 0 Å². The van der Waals surface area contributed by atoms with Crippen molar-refractivity contribution in [1.82, 2.24) is 10.3 Å². The molecule has 0 aliphatic heterocycles. The first-order valence-electron chi connectivity index (χ1n) is 6.27. The second-order valence-electron chi connectivity index (χ2n) is 4.41. The number of carbonyl (C=O) groups is 2. The molecule has 21 heavy (non-hydrogen) atoms. The molecule has 0 radical (unpaired) electrons. The molecule has 0 aliphatic rings. The number of aromatic nitrogens is 1. The van der Waals surface area contributed by atoms with Gasteiger partial charge in [0.05, 0.1) is 18.2 Å². The number of hydrogen-bond donors (Lipinski definition) is 3. The third-order valence-corrected chi connectivity index (χ3v) is 2.94. The van der Waals surface area contributed by atoms with Gasteiger partial charge in [-0.15, -0.1) is 0 Å². The Kier molecular flexibility index (Phi) is 4.50. The number of hydrogen-bond acceptors (Lipinski definition) is 4. The van der Waals surface area contributed by atoms with Gasteiger partial charge in [-0.05, 0) is 17.2 Å². The lowest BCUT2D eigenvalue weighted by Gasteiger charge is -2.10. The van der Waals surface area contributed by atoms with Crippen molar-refractivity contribution in [3.8, 4) is 5.75 Å². The molecule has 0 fully saturated rings. The minimum absolute atomic E-state index is 0.105. The molecule has 0 spiro atoms. The molecule has 2 aromatic rings. The van der Waals surface area contributed by atoms with E-state index in [9.17, 15) is 14.7 Å². The SMILES string of the molecule is O=C(O)Cc1ccccc1CNC(=O)c1ccncc1O. The van der Waals surface area contributed by atoms with Crippen molar-refractivity contribution in [2.75, 3.05) is 0 Å². The lowest BCUT2D eigenvalue weighted by atomic mass is 10.0. The van der Waals surface area contributed by atoms with Crippen LogP contribution in [0.4, 0.5) is 0 Å². The molecule has 1 amide bonds. The molecule has 1 heterocycles. The minimum Gasteiger partial charge on any atom is -0.505 e. The molecule has 1 aromatic heterocycles. The van der Waals surface area contributed by atoms with E-state index in [1.54, 1.807) is 24.3 Å². The third kappa shape index (κ3) is 3.79. The van der Waals surface area contributed by atoms with Crippen LogP contribution in [-0.4, -0.2) is 27.1 Å². The van der Waals surface area contributed by atoms with E-state index >= 15 is 0 Å². The topological polar surface area (TPSA) is 99.5 Å². The number of amides is 1. The Morgan fingerprint density at radius 2 is 1.86 bits per heavy atom. The maximum absolute atomic E-state index is 12.0. The van der Waals surface area contributed by atoms with E-state index < -0.39 is 11.9 Å². The predicted octanol–water partition coefficient (Wildman–Crippen LogP) is 1.34. The summed E-state index contributed by atoms with van der Waals surface area (Å²) < 4.78 is 0. The molecule has 0 bridgehead atoms. The summed E-state index contributed by atoms with van der Waals surface area (Å²) in [7, 11) is 0. The van der Waals surface area contributed by atoms with Crippen LogP contribution in [0.5, 0.6) is 5.75 Å². The molecular weight excluding hydrogens is 272 g/mol. The Labute approximate surface area is 121 Å². The number of aliphatic carboxylic acids is 1. The van der Waals surface area contributed by atoms with Gasteiger partial charge in [0.2, 0.25) is 0 Å². The summed E-state index contributed by atoms with van der Waals surface area (Å²) in [5, 5.41) is 21.1. The number of rotatable bonds is 5. The maximum atomic E-state index is 12.0. The van der Waals surface area contributed by atoms with Gasteiger partial charge < -0.3 is 15.5 Å². The first-order valence-corrected chi connectivity index (χ1v) is 6.27. The number of nitrogens with one attached hydrogen (secondary N) is 1. The number of pyridine rings is 1. The average Bonchev–Trinajstić information content (AvgIpc) is 2.46. The predicted molar refractivity (Wildman–Crippen MR) is 74.9 cm³/mol. The molecular formula is C15H14N2O4. The molecule has 0 unspecified atom stereocenters. The van der Waals surface area contributed by atoms with E-state index in [4.69, 9.17) is 5.11 Å². The molecule has 0 saturated heterocycles. The summed E-state index contributed by atoms with van der Waals surface area (Å²) in [6.45, 7) is 0.185. The molecule has 6 heteroatoms. The fourth-order valence-electron chi connectivity index (χ4n) is 1.91. The van der Waals surface area contributed by atoms with E-state index in [2.05, 4.69) is 10.3 Å². The molecule has 3 N–H and O–H groups in total. The van der Waals surface area contributed by atoms with Crippen molar-refractivity contribution in [1.29, 1.82) is 0 Å². The normalized spacial score (nSPS) is 10.1. The quantitative estimate of drug-likeness (QED) is 0.770. The van der Waals surface area contributed by atoms with Crippen molar-refractivity contribution < 1.29 is 19.8 Å². The lowest BCUT2D eigenvalue weighted by molar-refractivity contribution is -0.136. The zero-order chi connectivity index (χ0) is 15.2. The number of aromatic hydroxyl groups is 1. The van der Waals surface area contributed by atoms with Gasteiger partial charge in [-0.25, -0.2) is 0 Å². The van der Waals surface area contributed by atoms with Crippen molar-refractivity contribution >= 4 is 11.9 Å². The van der Waals surface area contributed by atoms with Crippen LogP contribution in [0.15, 0.2) is 42.7 Å². The summed E-state index contributed by atoms with van der Waals surface area (Å²) in [6.07, 6.45) is 2.49. The van der Waals surface area contributed by atoms with Crippen LogP contribution in [0.1, 0.15) is 21.5 Å². The van der Waals surface area contributed by atoms with Crippen molar-refractivity contribution in [2.45, 2.75) is 13.0 Å². The summed E-state index contributed by atoms with van der Waals surface area (Å²) in [5.41, 5.74) is 1.49. The Balaban J connectivity index is 2.08. The highest BCUT2D eigenvalue weighted by molar-refractivity contribution is 5.96. The van der Waals surface area contributed by atoms with Crippen LogP contribution in [0.2, 0.25) is 0 Å². The largest absolute Gasteiger partial charge is 0.505 e. The highest BCUT2D eigenvalue weighted by Crippen LogP contribution is 2.14. The highest BCUT2D eigenvalue weighted by atomic mass is 16.4. The first kappa shape index (κ1) is 14.5. The molecule has 0 aliphatic carbocycles. The second-order valence-corrected chi connectivity index (χ2v) is 4.41. The number of nitrogens with zero attached hydrogens (tertiary/aromatic N) is 1. The summed E-state index contributed by atoms with van der Waals surface area (Å²) in [6, 6.07) is 8.40. The summed E-state index contributed by atoms with van der Waals surface area (Å²) in [5.74, 6) is -1.57. The Hall–Kier alpha value is -2.89. The van der Waals surface area contributed by atoms with Gasteiger partial charge in [0.25, 0.3) is 5.91 Å². The van der Waals surface area contributed by atoms with Crippen LogP contribution in [0.25, 0.3) is 0 Å². The first-order chi connectivity index (χ1) is 10.1. The van der Waals surface area contributed by atoms with E-state index in [-0.39, 0.29) is 24.3 Å². The number of benzene rings is 1. The van der Waals surface area contributed by atoms with Crippen LogP contribution in [0, 0.1) is 0 Å². The fraction of sp³-hybridized carbons (Fsp3) is 0.133. The number of carboxylic acid groups (broad SMARTS) is 1. The van der Waals surface area contributed by atoms with Crippen LogP contribution in [-0.2, 0) is 17.8 Å². The average molecular weight is 286 g/mol. The van der Waals surface area contributed by atoms with Gasteiger partial charge in [0.15, 0.2) is 0 Å². The maximum Gasteiger partial charge on any atom is 0.307 e. The van der Waals surface area contributed by atoms with Gasteiger partial charge in [0, 0.05) is 12.7 Å². The van der Waals surface area contributed by atoms with Gasteiger partial charge >= 0.3 is 5.97 Å². The van der Waals surface area contributed by atoms with Crippen LogP contribution < -0.4 is 5.32 Å². The van der Waals surface area contributed by atoms with E-state index in [0.29, 0.717) is 5.56 Å². The van der Waals surface area contributed by atoms with Crippen molar-refractivity contribution in [3.63, 3.8) is 0 Å². The molecule has 6 nitrogen and oxygen atoms in total. The van der Waals surface area contributed by atoms with E-state index in [0.717, 1.165) is 5.56 Å². The number of carboxylic acids is 1.